The number of halogens is 1. The lowest BCUT2D eigenvalue weighted by Crippen LogP contribution is -1.95. The number of pyridine rings is 1. The topological polar surface area (TPSA) is 65.3 Å². The van der Waals surface area contributed by atoms with Gasteiger partial charge in [0.1, 0.15) is 4.47 Å². The Morgan fingerprint density at radius 1 is 1.67 bits per heavy atom. The molecule has 0 saturated carbocycles. The molecular formula is C6H5BrN2O3. The van der Waals surface area contributed by atoms with Gasteiger partial charge < -0.3 is 4.74 Å². The van der Waals surface area contributed by atoms with Crippen LogP contribution < -0.4 is 4.74 Å². The van der Waals surface area contributed by atoms with Crippen molar-refractivity contribution in [2.24, 2.45) is 0 Å². The Hall–Kier alpha value is -1.17. The van der Waals surface area contributed by atoms with Gasteiger partial charge in [0.25, 0.3) is 0 Å². The predicted molar refractivity (Wildman–Crippen MR) is 45.1 cm³/mol. The van der Waals surface area contributed by atoms with Gasteiger partial charge in [-0.05, 0) is 15.9 Å². The molecule has 12 heavy (non-hydrogen) atoms. The first kappa shape index (κ1) is 8.92. The summed E-state index contributed by atoms with van der Waals surface area (Å²) in [4.78, 5) is 13.7. The van der Waals surface area contributed by atoms with Crippen LogP contribution in [0.2, 0.25) is 0 Å². The van der Waals surface area contributed by atoms with Gasteiger partial charge in [-0.15, -0.1) is 0 Å². The normalized spacial score (nSPS) is 9.50. The molecule has 0 unspecified atom stereocenters. The van der Waals surface area contributed by atoms with Crippen molar-refractivity contribution in [2.75, 3.05) is 7.11 Å². The molecule has 0 atom stereocenters. The second-order valence-electron chi connectivity index (χ2n) is 1.93. The number of hydrogen-bond acceptors (Lipinski definition) is 4. The Balaban J connectivity index is 3.29. The minimum absolute atomic E-state index is 0.104. The van der Waals surface area contributed by atoms with E-state index in [1.807, 2.05) is 0 Å². The number of nitro groups is 1. The van der Waals surface area contributed by atoms with Crippen LogP contribution in [-0.2, 0) is 0 Å². The molecule has 0 bridgehead atoms. The van der Waals surface area contributed by atoms with Gasteiger partial charge >= 0.3 is 5.69 Å². The lowest BCUT2D eigenvalue weighted by Gasteiger charge is -2.00. The van der Waals surface area contributed by atoms with Crippen LogP contribution in [-0.4, -0.2) is 17.0 Å². The van der Waals surface area contributed by atoms with Gasteiger partial charge in [0.2, 0.25) is 5.75 Å². The zero-order valence-electron chi connectivity index (χ0n) is 6.15. The van der Waals surface area contributed by atoms with E-state index in [4.69, 9.17) is 4.74 Å². The predicted octanol–water partition coefficient (Wildman–Crippen LogP) is 1.76. The van der Waals surface area contributed by atoms with Gasteiger partial charge in [-0.2, -0.15) is 0 Å². The summed E-state index contributed by atoms with van der Waals surface area (Å²) in [5.74, 6) is 0.148. The van der Waals surface area contributed by atoms with Crippen LogP contribution in [0.25, 0.3) is 0 Å². The van der Waals surface area contributed by atoms with Crippen molar-refractivity contribution in [3.05, 3.63) is 27.0 Å². The molecular weight excluding hydrogens is 228 g/mol. The van der Waals surface area contributed by atoms with Crippen molar-refractivity contribution in [1.82, 2.24) is 4.98 Å². The fourth-order valence-electron chi connectivity index (χ4n) is 0.737. The third-order valence-electron chi connectivity index (χ3n) is 1.24. The summed E-state index contributed by atoms with van der Waals surface area (Å²) in [5, 5.41) is 10.5. The fraction of sp³-hybridized carbons (Fsp3) is 0.167. The van der Waals surface area contributed by atoms with Gasteiger partial charge in [0.05, 0.1) is 18.2 Å². The summed E-state index contributed by atoms with van der Waals surface area (Å²) in [6, 6.07) is 0. The largest absolute Gasteiger partial charge is 0.489 e. The van der Waals surface area contributed by atoms with Crippen LogP contribution in [0.4, 0.5) is 5.69 Å². The average Bonchev–Trinajstić information content (AvgIpc) is 2.03. The lowest BCUT2D eigenvalue weighted by molar-refractivity contribution is -0.386. The van der Waals surface area contributed by atoms with Crippen LogP contribution in [0.1, 0.15) is 0 Å². The molecule has 0 spiro atoms. The SMILES string of the molecule is COc1cncc(Br)c1[N+](=O)[O-]. The maximum atomic E-state index is 10.5. The van der Waals surface area contributed by atoms with Crippen LogP contribution in [0.3, 0.4) is 0 Å². The van der Waals surface area contributed by atoms with Crippen molar-refractivity contribution in [3.63, 3.8) is 0 Å². The van der Waals surface area contributed by atoms with E-state index in [1.165, 1.54) is 19.5 Å². The fourth-order valence-corrected chi connectivity index (χ4v) is 1.20. The van der Waals surface area contributed by atoms with E-state index in [0.717, 1.165) is 0 Å². The summed E-state index contributed by atoms with van der Waals surface area (Å²) in [5.41, 5.74) is -0.104. The highest BCUT2D eigenvalue weighted by Crippen LogP contribution is 2.32. The minimum Gasteiger partial charge on any atom is -0.489 e. The molecule has 0 fully saturated rings. The summed E-state index contributed by atoms with van der Waals surface area (Å²) in [6.45, 7) is 0. The quantitative estimate of drug-likeness (QED) is 0.576. The van der Waals surface area contributed by atoms with Gasteiger partial charge in [-0.1, -0.05) is 0 Å². The number of rotatable bonds is 2. The zero-order chi connectivity index (χ0) is 9.14. The standard InChI is InChI=1S/C6H5BrN2O3/c1-12-5-3-8-2-4(7)6(5)9(10)11/h2-3H,1H3. The van der Waals surface area contributed by atoms with Crippen LogP contribution in [0.15, 0.2) is 16.9 Å². The Bertz CT molecular complexity index is 316. The molecule has 0 saturated heterocycles. The van der Waals surface area contributed by atoms with Crippen molar-refractivity contribution in [1.29, 1.82) is 0 Å². The summed E-state index contributed by atoms with van der Waals surface area (Å²) in [6.07, 6.45) is 2.64. The molecule has 0 aromatic carbocycles. The first-order valence-corrected chi connectivity index (χ1v) is 3.78. The van der Waals surface area contributed by atoms with E-state index in [9.17, 15) is 10.1 Å². The Labute approximate surface area is 76.7 Å². The molecule has 0 aliphatic heterocycles. The van der Waals surface area contributed by atoms with Crippen molar-refractivity contribution >= 4 is 21.6 Å². The number of nitrogens with zero attached hydrogens (tertiary/aromatic N) is 2. The number of aromatic nitrogens is 1. The van der Waals surface area contributed by atoms with Gasteiger partial charge in [-0.3, -0.25) is 15.1 Å². The highest BCUT2D eigenvalue weighted by molar-refractivity contribution is 9.10. The molecule has 1 aromatic rings. The number of methoxy groups -OCH3 is 1. The lowest BCUT2D eigenvalue weighted by atomic mass is 10.4. The first-order chi connectivity index (χ1) is 5.66. The van der Waals surface area contributed by atoms with Gasteiger partial charge in [-0.25, -0.2) is 0 Å². The van der Waals surface area contributed by atoms with Gasteiger partial charge in [0, 0.05) is 6.20 Å². The molecule has 64 valence electrons. The van der Waals surface area contributed by atoms with Crippen molar-refractivity contribution in [2.45, 2.75) is 0 Å². The van der Waals surface area contributed by atoms with Crippen molar-refractivity contribution < 1.29 is 9.66 Å². The van der Waals surface area contributed by atoms with E-state index in [2.05, 4.69) is 20.9 Å². The molecule has 0 aliphatic rings. The number of hydrogen-bond donors (Lipinski definition) is 0. The minimum atomic E-state index is -0.523. The molecule has 0 amide bonds. The smallest absolute Gasteiger partial charge is 0.328 e. The summed E-state index contributed by atoms with van der Waals surface area (Å²) < 4.78 is 5.07. The maximum absolute atomic E-state index is 10.5. The third kappa shape index (κ3) is 1.53. The van der Waals surface area contributed by atoms with Crippen molar-refractivity contribution in [3.8, 4) is 5.75 Å². The van der Waals surface area contributed by atoms with E-state index < -0.39 is 4.92 Å². The summed E-state index contributed by atoms with van der Waals surface area (Å²) in [7, 11) is 1.36. The Morgan fingerprint density at radius 2 is 2.33 bits per heavy atom. The highest BCUT2D eigenvalue weighted by atomic mass is 79.9. The highest BCUT2D eigenvalue weighted by Gasteiger charge is 2.18. The molecule has 1 aromatic heterocycles. The molecule has 0 aliphatic carbocycles. The van der Waals surface area contributed by atoms with Crippen LogP contribution in [0.5, 0.6) is 5.75 Å². The van der Waals surface area contributed by atoms with Gasteiger partial charge in [0.15, 0.2) is 0 Å². The zero-order valence-corrected chi connectivity index (χ0v) is 7.74. The first-order valence-electron chi connectivity index (χ1n) is 2.98. The molecule has 0 N–H and O–H groups in total. The van der Waals surface area contributed by atoms with Crippen LogP contribution >= 0.6 is 15.9 Å². The summed E-state index contributed by atoms with van der Waals surface area (Å²) >= 11 is 3.00. The van der Waals surface area contributed by atoms with E-state index in [1.54, 1.807) is 0 Å². The second-order valence-corrected chi connectivity index (χ2v) is 2.78. The second kappa shape index (κ2) is 3.48. The van der Waals surface area contributed by atoms with E-state index in [0.29, 0.717) is 4.47 Å². The molecule has 1 heterocycles. The van der Waals surface area contributed by atoms with E-state index >= 15 is 0 Å². The Morgan fingerprint density at radius 3 is 2.75 bits per heavy atom. The molecule has 5 nitrogen and oxygen atoms in total. The monoisotopic (exact) mass is 232 g/mol. The third-order valence-corrected chi connectivity index (χ3v) is 1.82. The average molecular weight is 233 g/mol. The van der Waals surface area contributed by atoms with E-state index in [-0.39, 0.29) is 11.4 Å². The Kier molecular flexibility index (Phi) is 2.59. The molecule has 0 radical (unpaired) electrons. The van der Waals surface area contributed by atoms with Crippen LogP contribution in [0, 0.1) is 10.1 Å². The maximum Gasteiger partial charge on any atom is 0.328 e. The number of ether oxygens (including phenoxy) is 1. The molecule has 6 heteroatoms. The molecule has 1 rings (SSSR count).